The van der Waals surface area contributed by atoms with Crippen LogP contribution < -0.4 is 10.6 Å². The molecule has 0 unspecified atom stereocenters. The molecule has 1 aliphatic rings. The topological polar surface area (TPSA) is 53.1 Å². The molecule has 5 nitrogen and oxygen atoms in total. The first-order valence-corrected chi connectivity index (χ1v) is 12.8. The normalized spacial score (nSPS) is 13.3. The maximum Gasteiger partial charge on any atom is 0.125 e. The number of likely N-dealkylation sites (tertiary alicyclic amines) is 1. The van der Waals surface area contributed by atoms with Crippen LogP contribution in [0.25, 0.3) is 21.8 Å². The van der Waals surface area contributed by atoms with Gasteiger partial charge in [-0.1, -0.05) is 45.9 Å². The van der Waals surface area contributed by atoms with Gasteiger partial charge in [-0.3, -0.25) is 9.97 Å². The lowest BCUT2D eigenvalue weighted by atomic mass is 9.99. The smallest absolute Gasteiger partial charge is 0.125 e. The van der Waals surface area contributed by atoms with Crippen molar-refractivity contribution >= 4 is 33.2 Å². The van der Waals surface area contributed by atoms with Gasteiger partial charge in [0.2, 0.25) is 0 Å². The molecule has 4 aromatic rings. The molecule has 6 heteroatoms. The number of pyridine rings is 2. The van der Waals surface area contributed by atoms with Gasteiger partial charge in [-0.15, -0.1) is 0 Å². The summed E-state index contributed by atoms with van der Waals surface area (Å²) in [5.74, 6) is 0.426. The Morgan fingerprint density at radius 3 is 2.26 bits per heavy atom. The predicted molar refractivity (Wildman–Crippen MR) is 148 cm³/mol. The fraction of sp³-hybridized carbons (Fsp3) is 0.379. The van der Waals surface area contributed by atoms with Gasteiger partial charge < -0.3 is 15.5 Å². The minimum absolute atomic E-state index is 0.254. The lowest BCUT2D eigenvalue weighted by Gasteiger charge is -2.39. The second-order valence-electron chi connectivity index (χ2n) is 8.18. The summed E-state index contributed by atoms with van der Waals surface area (Å²) in [5.41, 5.74) is 3.89. The molecule has 5 rings (SSSR count). The largest absolute Gasteiger partial charge is 0.384 e. The minimum atomic E-state index is -0.254. The Kier molecular flexibility index (Phi) is 10.2. The first kappa shape index (κ1) is 26.4. The third-order valence-corrected chi connectivity index (χ3v) is 5.93. The van der Waals surface area contributed by atoms with Crippen LogP contribution in [0.1, 0.15) is 34.1 Å². The van der Waals surface area contributed by atoms with Gasteiger partial charge in [-0.2, -0.15) is 0 Å². The highest BCUT2D eigenvalue weighted by atomic mass is 19.1. The van der Waals surface area contributed by atoms with E-state index in [9.17, 15) is 4.39 Å². The van der Waals surface area contributed by atoms with Crippen LogP contribution in [0.3, 0.4) is 0 Å². The fourth-order valence-corrected chi connectivity index (χ4v) is 4.29. The average molecular weight is 476 g/mol. The molecule has 0 saturated carbocycles. The maximum absolute atomic E-state index is 13.4. The van der Waals surface area contributed by atoms with Crippen LogP contribution in [0.4, 0.5) is 15.8 Å². The molecule has 0 radical (unpaired) electrons. The van der Waals surface area contributed by atoms with Gasteiger partial charge in [-0.05, 0) is 43.3 Å². The number of nitrogens with one attached hydrogen (secondary N) is 2. The molecule has 0 aliphatic carbocycles. The Hall–Kier alpha value is -3.25. The molecule has 1 fully saturated rings. The zero-order chi connectivity index (χ0) is 25.0. The summed E-state index contributed by atoms with van der Waals surface area (Å²) >= 11 is 0. The fourth-order valence-electron chi connectivity index (χ4n) is 4.29. The van der Waals surface area contributed by atoms with E-state index in [2.05, 4.69) is 43.7 Å². The Morgan fingerprint density at radius 2 is 1.49 bits per heavy atom. The monoisotopic (exact) mass is 475 g/mol. The van der Waals surface area contributed by atoms with E-state index in [4.69, 9.17) is 0 Å². The molecule has 35 heavy (non-hydrogen) atoms. The van der Waals surface area contributed by atoms with E-state index in [1.54, 1.807) is 12.3 Å². The SMILES string of the molecule is CC.CC.Fc1ccc2c(NCCCN3CC(CNc4ccnc5ccccc45)C3)ccnc2c1. The van der Waals surface area contributed by atoms with Crippen LogP contribution in [-0.4, -0.2) is 47.6 Å². The number of halogens is 1. The molecule has 1 saturated heterocycles. The van der Waals surface area contributed by atoms with Gasteiger partial charge in [0, 0.05) is 72.7 Å². The molecule has 2 aromatic carbocycles. The molecule has 0 atom stereocenters. The van der Waals surface area contributed by atoms with Crippen molar-refractivity contribution in [3.05, 3.63) is 72.8 Å². The van der Waals surface area contributed by atoms with E-state index < -0.39 is 0 Å². The zero-order valence-electron chi connectivity index (χ0n) is 21.4. The Balaban J connectivity index is 0.000000815. The summed E-state index contributed by atoms with van der Waals surface area (Å²) < 4.78 is 13.4. The third kappa shape index (κ3) is 6.89. The number of benzene rings is 2. The van der Waals surface area contributed by atoms with Crippen molar-refractivity contribution in [2.45, 2.75) is 34.1 Å². The minimum Gasteiger partial charge on any atom is -0.384 e. The number of nitrogens with zero attached hydrogens (tertiary/aromatic N) is 3. The Bertz CT molecular complexity index is 1180. The predicted octanol–water partition coefficient (Wildman–Crippen LogP) is 6.82. The number of rotatable bonds is 8. The number of hydrogen-bond donors (Lipinski definition) is 2. The molecule has 0 bridgehead atoms. The van der Waals surface area contributed by atoms with E-state index in [1.165, 1.54) is 17.5 Å². The average Bonchev–Trinajstić information content (AvgIpc) is 2.89. The number of hydrogen-bond acceptors (Lipinski definition) is 5. The van der Waals surface area contributed by atoms with Crippen molar-refractivity contribution in [3.63, 3.8) is 0 Å². The van der Waals surface area contributed by atoms with Crippen molar-refractivity contribution in [2.24, 2.45) is 5.92 Å². The number of fused-ring (bicyclic) bond motifs is 2. The Labute approximate surface area is 208 Å². The summed E-state index contributed by atoms with van der Waals surface area (Å²) in [5, 5.41) is 9.23. The van der Waals surface area contributed by atoms with Crippen LogP contribution in [0.5, 0.6) is 0 Å². The molecular weight excluding hydrogens is 437 g/mol. The van der Waals surface area contributed by atoms with Gasteiger partial charge >= 0.3 is 0 Å². The number of para-hydroxylation sites is 1. The summed E-state index contributed by atoms with van der Waals surface area (Å²) in [7, 11) is 0. The highest BCUT2D eigenvalue weighted by Crippen LogP contribution is 2.24. The quantitative estimate of drug-likeness (QED) is 0.274. The first-order valence-electron chi connectivity index (χ1n) is 12.8. The van der Waals surface area contributed by atoms with Crippen LogP contribution in [0, 0.1) is 11.7 Å². The van der Waals surface area contributed by atoms with Crippen LogP contribution >= 0.6 is 0 Å². The van der Waals surface area contributed by atoms with Crippen LogP contribution in [0.15, 0.2) is 67.0 Å². The second-order valence-corrected chi connectivity index (χ2v) is 8.18. The molecule has 2 aromatic heterocycles. The summed E-state index contributed by atoms with van der Waals surface area (Å²) in [6, 6.07) is 17.0. The van der Waals surface area contributed by atoms with E-state index in [-0.39, 0.29) is 5.82 Å². The van der Waals surface area contributed by atoms with Crippen molar-refractivity contribution in [1.29, 1.82) is 0 Å². The molecule has 3 heterocycles. The van der Waals surface area contributed by atoms with Gasteiger partial charge in [0.25, 0.3) is 0 Å². The molecule has 1 aliphatic heterocycles. The van der Waals surface area contributed by atoms with Crippen molar-refractivity contribution in [2.75, 3.05) is 43.4 Å². The molecule has 0 spiro atoms. The lowest BCUT2D eigenvalue weighted by molar-refractivity contribution is 0.109. The van der Waals surface area contributed by atoms with E-state index in [0.717, 1.165) is 61.4 Å². The molecule has 2 N–H and O–H groups in total. The maximum atomic E-state index is 13.4. The van der Waals surface area contributed by atoms with Gasteiger partial charge in [0.1, 0.15) is 5.82 Å². The second kappa shape index (κ2) is 13.6. The zero-order valence-corrected chi connectivity index (χ0v) is 21.4. The summed E-state index contributed by atoms with van der Waals surface area (Å²) in [6.07, 6.45) is 4.66. The lowest BCUT2D eigenvalue weighted by Crippen LogP contribution is -2.49. The van der Waals surface area contributed by atoms with E-state index >= 15 is 0 Å². The van der Waals surface area contributed by atoms with Crippen molar-refractivity contribution in [1.82, 2.24) is 14.9 Å². The standard InChI is InChI=1S/C25H26FN5.2C2H6/c26-19-6-7-21-23(8-12-29-25(21)14-19)27-10-3-13-31-16-18(17-31)15-30-24-9-11-28-22-5-2-1-4-20(22)24;2*1-2/h1-2,4-9,11-12,14,18H,3,10,13,15-17H2,(H,27,29)(H,28,30);2*1-2H3. The van der Waals surface area contributed by atoms with Gasteiger partial charge in [0.15, 0.2) is 0 Å². The molecule has 186 valence electrons. The number of anilines is 2. The highest BCUT2D eigenvalue weighted by Gasteiger charge is 2.25. The van der Waals surface area contributed by atoms with E-state index in [0.29, 0.717) is 11.4 Å². The molecular formula is C29H38FN5. The summed E-state index contributed by atoms with van der Waals surface area (Å²) in [6.45, 7) is 13.2. The van der Waals surface area contributed by atoms with Crippen molar-refractivity contribution < 1.29 is 4.39 Å². The van der Waals surface area contributed by atoms with Gasteiger partial charge in [0.05, 0.1) is 11.0 Å². The third-order valence-electron chi connectivity index (χ3n) is 5.93. The summed E-state index contributed by atoms with van der Waals surface area (Å²) in [4.78, 5) is 11.2. The van der Waals surface area contributed by atoms with E-state index in [1.807, 2.05) is 52.1 Å². The number of aromatic nitrogens is 2. The van der Waals surface area contributed by atoms with Gasteiger partial charge in [-0.25, -0.2) is 4.39 Å². The first-order chi connectivity index (χ1) is 17.3. The highest BCUT2D eigenvalue weighted by molar-refractivity contribution is 5.91. The van der Waals surface area contributed by atoms with Crippen molar-refractivity contribution in [3.8, 4) is 0 Å². The van der Waals surface area contributed by atoms with Crippen LogP contribution in [0.2, 0.25) is 0 Å². The van der Waals surface area contributed by atoms with Crippen LogP contribution in [-0.2, 0) is 0 Å². The molecule has 0 amide bonds. The Morgan fingerprint density at radius 1 is 0.829 bits per heavy atom.